The average Bonchev–Trinajstić information content (AvgIpc) is 3.15. The van der Waals surface area contributed by atoms with Crippen molar-refractivity contribution in [1.82, 2.24) is 30.4 Å². The first-order valence-electron chi connectivity index (χ1n) is 9.21. The Morgan fingerprint density at radius 1 is 1.32 bits per heavy atom. The topological polar surface area (TPSA) is 147 Å². The molecule has 2 aliphatic heterocycles. The van der Waals surface area contributed by atoms with Crippen molar-refractivity contribution in [2.24, 2.45) is 7.05 Å². The number of thioether (sulfide) groups is 1. The number of aryl methyl sites for hydroxylation is 1. The molecule has 0 saturated carbocycles. The van der Waals surface area contributed by atoms with E-state index < -0.39 is 40.0 Å². The molecule has 11 nitrogen and oxygen atoms in total. The molecule has 1 aromatic carbocycles. The lowest BCUT2D eigenvalue weighted by Crippen LogP contribution is -2.73. The lowest BCUT2D eigenvalue weighted by atomic mass is 10.0. The van der Waals surface area contributed by atoms with E-state index in [1.54, 1.807) is 31.3 Å². The van der Waals surface area contributed by atoms with Gasteiger partial charge in [-0.25, -0.2) is 9.48 Å². The fourth-order valence-corrected chi connectivity index (χ4v) is 6.14. The summed E-state index contributed by atoms with van der Waals surface area (Å²) in [5.41, 5.74) is 0.945. The number of carbonyl (C=O) groups is 3. The average molecular weight is 463 g/mol. The third-order valence-electron chi connectivity index (χ3n) is 4.89. The number of carbonyl (C=O) groups excluding carboxylic acids is 2. The van der Waals surface area contributed by atoms with Crippen LogP contribution in [0.3, 0.4) is 0 Å². The Morgan fingerprint density at radius 3 is 2.71 bits per heavy atom. The van der Waals surface area contributed by atoms with E-state index in [1.165, 1.54) is 16.4 Å². The number of carboxylic acids is 1. The summed E-state index contributed by atoms with van der Waals surface area (Å²) in [5, 5.41) is 22.9. The Hall–Kier alpha value is -3.06. The van der Waals surface area contributed by atoms with E-state index in [0.717, 1.165) is 10.5 Å². The summed E-state index contributed by atoms with van der Waals surface area (Å²) in [6.45, 7) is 0. The van der Waals surface area contributed by atoms with Crippen molar-refractivity contribution in [3.8, 4) is 0 Å². The Labute approximate surface area is 183 Å². The molecule has 2 aromatic rings. The lowest BCUT2D eigenvalue weighted by Gasteiger charge is -2.49. The Morgan fingerprint density at radius 2 is 2.06 bits per heavy atom. The maximum absolute atomic E-state index is 12.8. The molecule has 3 atom stereocenters. The van der Waals surface area contributed by atoms with E-state index in [1.807, 2.05) is 6.07 Å². The third-order valence-corrected chi connectivity index (χ3v) is 7.64. The van der Waals surface area contributed by atoms with E-state index in [-0.39, 0.29) is 23.6 Å². The largest absolute Gasteiger partial charge is 0.477 e. The van der Waals surface area contributed by atoms with Crippen molar-refractivity contribution in [2.75, 3.05) is 11.5 Å². The van der Waals surface area contributed by atoms with Crippen LogP contribution in [0, 0.1) is 0 Å². The number of benzene rings is 1. The van der Waals surface area contributed by atoms with Gasteiger partial charge in [0.1, 0.15) is 17.1 Å². The van der Waals surface area contributed by atoms with Gasteiger partial charge in [0.15, 0.2) is 0 Å². The molecule has 1 fully saturated rings. The first kappa shape index (κ1) is 21.2. The Bertz CT molecular complexity index is 1100. The number of amides is 2. The second-order valence-electron chi connectivity index (χ2n) is 6.96. The van der Waals surface area contributed by atoms with Crippen LogP contribution in [-0.2, 0) is 38.7 Å². The number of nitrogens with one attached hydrogen (secondary N) is 1. The maximum Gasteiger partial charge on any atom is 0.352 e. The molecule has 162 valence electrons. The minimum Gasteiger partial charge on any atom is -0.477 e. The van der Waals surface area contributed by atoms with Crippen LogP contribution >= 0.6 is 11.8 Å². The van der Waals surface area contributed by atoms with E-state index in [4.69, 9.17) is 0 Å². The Kier molecular flexibility index (Phi) is 5.87. The minimum absolute atomic E-state index is 0.0145. The molecular formula is C18H18N6O5S2. The van der Waals surface area contributed by atoms with E-state index in [0.29, 0.717) is 10.7 Å². The monoisotopic (exact) mass is 462 g/mol. The zero-order valence-corrected chi connectivity index (χ0v) is 17.9. The van der Waals surface area contributed by atoms with Gasteiger partial charge in [-0.15, -0.1) is 5.10 Å². The van der Waals surface area contributed by atoms with Crippen LogP contribution in [0.4, 0.5) is 0 Å². The number of fused-ring (bicyclic) bond motifs is 1. The van der Waals surface area contributed by atoms with Gasteiger partial charge in [-0.05, 0) is 21.6 Å². The molecule has 2 N–H and O–H groups in total. The zero-order valence-electron chi connectivity index (χ0n) is 16.3. The summed E-state index contributed by atoms with van der Waals surface area (Å²) in [5.74, 6) is -2.10. The summed E-state index contributed by atoms with van der Waals surface area (Å²) in [4.78, 5) is 38.0. The van der Waals surface area contributed by atoms with Gasteiger partial charge in [0.2, 0.25) is 11.1 Å². The smallest absolute Gasteiger partial charge is 0.352 e. The van der Waals surface area contributed by atoms with Crippen molar-refractivity contribution in [2.45, 2.75) is 23.0 Å². The molecule has 1 unspecified atom stereocenters. The normalized spacial score (nSPS) is 22.7. The molecule has 2 aliphatic rings. The van der Waals surface area contributed by atoms with Crippen molar-refractivity contribution in [3.05, 3.63) is 47.2 Å². The summed E-state index contributed by atoms with van der Waals surface area (Å²) in [6.07, 6.45) is 0.0687. The first-order valence-corrected chi connectivity index (χ1v) is 11.6. The number of tetrazole rings is 1. The molecule has 1 aromatic heterocycles. The number of β-lactam (4-membered cyclic amide) rings is 1. The van der Waals surface area contributed by atoms with Crippen LogP contribution in [-0.4, -0.2) is 75.1 Å². The number of aromatic nitrogens is 4. The van der Waals surface area contributed by atoms with E-state index >= 15 is 0 Å². The van der Waals surface area contributed by atoms with Gasteiger partial charge >= 0.3 is 5.97 Å². The van der Waals surface area contributed by atoms with E-state index in [2.05, 4.69) is 20.8 Å². The lowest BCUT2D eigenvalue weighted by molar-refractivity contribution is -0.150. The van der Waals surface area contributed by atoms with Gasteiger partial charge in [-0.2, -0.15) is 0 Å². The molecule has 3 heterocycles. The van der Waals surface area contributed by atoms with Crippen molar-refractivity contribution in [1.29, 1.82) is 0 Å². The second-order valence-corrected chi connectivity index (χ2v) is 9.44. The number of aliphatic carboxylic acids is 1. The second kappa shape index (κ2) is 8.59. The summed E-state index contributed by atoms with van der Waals surface area (Å²) in [6, 6.07) is 8.00. The number of nitrogens with zero attached hydrogens (tertiary/aromatic N) is 5. The van der Waals surface area contributed by atoms with Crippen molar-refractivity contribution < 1.29 is 23.7 Å². The third kappa shape index (κ3) is 4.10. The molecule has 2 amide bonds. The summed E-state index contributed by atoms with van der Waals surface area (Å²) >= 11 is 1.19. The molecule has 0 aliphatic carbocycles. The van der Waals surface area contributed by atoms with Gasteiger partial charge in [-0.3, -0.25) is 18.7 Å². The summed E-state index contributed by atoms with van der Waals surface area (Å²) in [7, 11) is 0.0789. The highest BCUT2D eigenvalue weighted by Crippen LogP contribution is 2.36. The van der Waals surface area contributed by atoms with Crippen LogP contribution < -0.4 is 5.32 Å². The predicted molar refractivity (Wildman–Crippen MR) is 110 cm³/mol. The van der Waals surface area contributed by atoms with Crippen molar-refractivity contribution in [3.63, 3.8) is 0 Å². The molecule has 0 radical (unpaired) electrons. The molecular weight excluding hydrogens is 444 g/mol. The van der Waals surface area contributed by atoms with Crippen LogP contribution in [0.25, 0.3) is 0 Å². The van der Waals surface area contributed by atoms with Gasteiger partial charge in [0.05, 0.1) is 23.0 Å². The fourth-order valence-electron chi connectivity index (χ4n) is 3.46. The number of hydrogen-bond acceptors (Lipinski definition) is 8. The molecule has 13 heteroatoms. The first-order chi connectivity index (χ1) is 14.9. The zero-order chi connectivity index (χ0) is 22.1. The highest BCUT2D eigenvalue weighted by Gasteiger charge is 2.57. The maximum atomic E-state index is 12.8. The van der Waals surface area contributed by atoms with Crippen LogP contribution in [0.1, 0.15) is 5.56 Å². The Balaban J connectivity index is 1.49. The fraction of sp³-hybridized carbons (Fsp3) is 0.333. The van der Waals surface area contributed by atoms with Crippen LogP contribution in [0.5, 0.6) is 0 Å². The highest BCUT2D eigenvalue weighted by molar-refractivity contribution is 7.99. The number of hydrogen-bond donors (Lipinski definition) is 2. The molecule has 31 heavy (non-hydrogen) atoms. The molecule has 4 rings (SSSR count). The van der Waals surface area contributed by atoms with Gasteiger partial charge in [0, 0.05) is 12.8 Å². The van der Waals surface area contributed by atoms with Crippen LogP contribution in [0.2, 0.25) is 0 Å². The van der Waals surface area contributed by atoms with Crippen LogP contribution in [0.15, 0.2) is 46.8 Å². The molecule has 1 saturated heterocycles. The summed E-state index contributed by atoms with van der Waals surface area (Å²) < 4.78 is 14.3. The predicted octanol–water partition coefficient (Wildman–Crippen LogP) is -0.701. The van der Waals surface area contributed by atoms with Gasteiger partial charge in [0.25, 0.3) is 5.91 Å². The standard InChI is InChI=1S/C18H18N6O5S2/c1-23-18(20-21-22-23)30-8-11-9-31(29)16-13(15(26)24(16)14(11)17(27)28)19-12(25)7-10-5-3-2-4-6-10/h2-6,13,16H,7-9H2,1H3,(H,19,25)(H,27,28)/t13-,16-,31?/m1/s1. The van der Waals surface area contributed by atoms with Gasteiger partial charge in [-0.1, -0.05) is 42.1 Å². The number of carboxylic acid groups (broad SMARTS) is 1. The van der Waals surface area contributed by atoms with Crippen molar-refractivity contribution >= 4 is 40.3 Å². The SMILES string of the molecule is Cn1nnnc1SCC1=C(C(=O)O)N2C(=O)[C@@H](NC(=O)Cc3ccccc3)[C@H]2S(=O)C1. The highest BCUT2D eigenvalue weighted by atomic mass is 32.2. The number of rotatable bonds is 7. The molecule has 0 bridgehead atoms. The molecule has 0 spiro atoms. The quantitative estimate of drug-likeness (QED) is 0.402. The minimum atomic E-state index is -1.57. The van der Waals surface area contributed by atoms with E-state index in [9.17, 15) is 23.7 Å². The van der Waals surface area contributed by atoms with Gasteiger partial charge < -0.3 is 10.4 Å².